The van der Waals surface area contributed by atoms with Gasteiger partial charge in [0.05, 0.1) is 6.10 Å². The SMILES string of the molecule is CC[C@H](CN)C[C@H](C)OC. The van der Waals surface area contributed by atoms with Crippen molar-refractivity contribution in [2.75, 3.05) is 13.7 Å². The number of rotatable bonds is 5. The molecule has 0 spiro atoms. The summed E-state index contributed by atoms with van der Waals surface area (Å²) in [4.78, 5) is 0. The van der Waals surface area contributed by atoms with E-state index in [9.17, 15) is 0 Å². The largest absolute Gasteiger partial charge is 0.382 e. The van der Waals surface area contributed by atoms with E-state index in [0.29, 0.717) is 12.0 Å². The van der Waals surface area contributed by atoms with E-state index in [1.807, 2.05) is 0 Å². The first kappa shape index (κ1) is 9.92. The lowest BCUT2D eigenvalue weighted by Gasteiger charge is -2.16. The van der Waals surface area contributed by atoms with Gasteiger partial charge in [-0.2, -0.15) is 0 Å². The van der Waals surface area contributed by atoms with E-state index in [1.165, 1.54) is 0 Å². The highest BCUT2D eigenvalue weighted by Gasteiger charge is 2.08. The average molecular weight is 145 g/mol. The molecule has 0 aromatic carbocycles. The van der Waals surface area contributed by atoms with Crippen LogP contribution in [-0.4, -0.2) is 19.8 Å². The van der Waals surface area contributed by atoms with Gasteiger partial charge in [-0.15, -0.1) is 0 Å². The minimum absolute atomic E-state index is 0.355. The summed E-state index contributed by atoms with van der Waals surface area (Å²) >= 11 is 0. The molecule has 10 heavy (non-hydrogen) atoms. The first-order valence-corrected chi connectivity index (χ1v) is 3.97. The van der Waals surface area contributed by atoms with E-state index in [4.69, 9.17) is 10.5 Å². The summed E-state index contributed by atoms with van der Waals surface area (Å²) in [5.41, 5.74) is 5.53. The first-order chi connectivity index (χ1) is 4.74. The molecule has 2 nitrogen and oxygen atoms in total. The molecule has 0 rings (SSSR count). The minimum Gasteiger partial charge on any atom is -0.382 e. The lowest BCUT2D eigenvalue weighted by molar-refractivity contribution is 0.0953. The van der Waals surface area contributed by atoms with Gasteiger partial charge in [-0.1, -0.05) is 13.3 Å². The highest BCUT2D eigenvalue weighted by Crippen LogP contribution is 2.10. The van der Waals surface area contributed by atoms with Gasteiger partial charge < -0.3 is 10.5 Å². The Labute approximate surface area is 63.7 Å². The van der Waals surface area contributed by atoms with Crippen LogP contribution in [0.4, 0.5) is 0 Å². The Balaban J connectivity index is 3.41. The van der Waals surface area contributed by atoms with Crippen molar-refractivity contribution in [3.63, 3.8) is 0 Å². The number of nitrogens with two attached hydrogens (primary N) is 1. The van der Waals surface area contributed by atoms with Gasteiger partial charge in [0.15, 0.2) is 0 Å². The summed E-state index contributed by atoms with van der Waals surface area (Å²) in [6, 6.07) is 0. The van der Waals surface area contributed by atoms with Gasteiger partial charge in [0.1, 0.15) is 0 Å². The molecule has 0 aromatic rings. The van der Waals surface area contributed by atoms with Crippen LogP contribution < -0.4 is 5.73 Å². The Kier molecular flexibility index (Phi) is 5.64. The first-order valence-electron chi connectivity index (χ1n) is 3.97. The molecule has 2 heteroatoms. The number of hydrogen-bond donors (Lipinski definition) is 1. The van der Waals surface area contributed by atoms with Gasteiger partial charge in [0.2, 0.25) is 0 Å². The molecular weight excluding hydrogens is 126 g/mol. The molecule has 0 heterocycles. The van der Waals surface area contributed by atoms with Crippen LogP contribution in [0.1, 0.15) is 26.7 Å². The summed E-state index contributed by atoms with van der Waals surface area (Å²) in [5.74, 6) is 0.634. The Morgan fingerprint density at radius 1 is 1.50 bits per heavy atom. The van der Waals surface area contributed by atoms with Crippen molar-refractivity contribution in [1.82, 2.24) is 0 Å². The third-order valence-electron chi connectivity index (χ3n) is 1.98. The third-order valence-corrected chi connectivity index (χ3v) is 1.98. The summed E-state index contributed by atoms with van der Waals surface area (Å²) in [6.07, 6.45) is 2.60. The predicted molar refractivity (Wildman–Crippen MR) is 43.9 cm³/mol. The van der Waals surface area contributed by atoms with Crippen molar-refractivity contribution >= 4 is 0 Å². The highest BCUT2D eigenvalue weighted by atomic mass is 16.5. The molecule has 0 amide bonds. The zero-order valence-electron chi connectivity index (χ0n) is 7.26. The molecule has 0 saturated carbocycles. The van der Waals surface area contributed by atoms with Crippen molar-refractivity contribution < 1.29 is 4.74 Å². The molecular formula is C8H19NO. The van der Waals surface area contributed by atoms with Gasteiger partial charge >= 0.3 is 0 Å². The maximum Gasteiger partial charge on any atom is 0.0546 e. The molecule has 62 valence electrons. The predicted octanol–water partition coefficient (Wildman–Crippen LogP) is 1.40. The fraction of sp³-hybridized carbons (Fsp3) is 1.00. The Bertz CT molecular complexity index is 71.7. The molecule has 0 saturated heterocycles. The number of ether oxygens (including phenoxy) is 1. The second-order valence-corrected chi connectivity index (χ2v) is 2.79. The van der Waals surface area contributed by atoms with E-state index < -0.39 is 0 Å². The maximum atomic E-state index is 5.53. The summed E-state index contributed by atoms with van der Waals surface area (Å²) < 4.78 is 5.13. The molecule has 0 aromatic heterocycles. The van der Waals surface area contributed by atoms with E-state index in [1.54, 1.807) is 7.11 Å². The summed E-state index contributed by atoms with van der Waals surface area (Å²) in [7, 11) is 1.74. The van der Waals surface area contributed by atoms with E-state index in [0.717, 1.165) is 19.4 Å². The highest BCUT2D eigenvalue weighted by molar-refractivity contribution is 4.61. The maximum absolute atomic E-state index is 5.53. The molecule has 0 bridgehead atoms. The Hall–Kier alpha value is -0.0800. The quantitative estimate of drug-likeness (QED) is 0.634. The second-order valence-electron chi connectivity index (χ2n) is 2.79. The normalized spacial score (nSPS) is 16.8. The standard InChI is InChI=1S/C8H19NO/c1-4-8(6-9)5-7(2)10-3/h7-8H,4-6,9H2,1-3H3/t7-,8-/m0/s1. The topological polar surface area (TPSA) is 35.2 Å². The Morgan fingerprint density at radius 3 is 2.40 bits per heavy atom. The molecule has 0 radical (unpaired) electrons. The van der Waals surface area contributed by atoms with E-state index in [-0.39, 0.29) is 0 Å². The fourth-order valence-electron chi connectivity index (χ4n) is 0.995. The number of methoxy groups -OCH3 is 1. The molecule has 0 fully saturated rings. The zero-order chi connectivity index (χ0) is 7.98. The fourth-order valence-corrected chi connectivity index (χ4v) is 0.995. The van der Waals surface area contributed by atoms with Gasteiger partial charge in [-0.3, -0.25) is 0 Å². The lowest BCUT2D eigenvalue weighted by atomic mass is 10.00. The molecule has 0 aliphatic heterocycles. The molecule has 0 aliphatic rings. The van der Waals surface area contributed by atoms with Crippen LogP contribution in [0.3, 0.4) is 0 Å². The van der Waals surface area contributed by atoms with Crippen molar-refractivity contribution in [2.24, 2.45) is 11.7 Å². The third kappa shape index (κ3) is 3.85. The van der Waals surface area contributed by atoms with Gasteiger partial charge in [-0.25, -0.2) is 0 Å². The minimum atomic E-state index is 0.355. The van der Waals surface area contributed by atoms with Crippen molar-refractivity contribution in [1.29, 1.82) is 0 Å². The molecule has 0 unspecified atom stereocenters. The Morgan fingerprint density at radius 2 is 2.10 bits per heavy atom. The van der Waals surface area contributed by atoms with Crippen LogP contribution in [0.15, 0.2) is 0 Å². The van der Waals surface area contributed by atoms with E-state index >= 15 is 0 Å². The van der Waals surface area contributed by atoms with Crippen molar-refractivity contribution in [3.8, 4) is 0 Å². The molecule has 2 atom stereocenters. The average Bonchev–Trinajstić information content (AvgIpc) is 1.99. The number of hydrogen-bond acceptors (Lipinski definition) is 2. The van der Waals surface area contributed by atoms with Gasteiger partial charge in [-0.05, 0) is 25.8 Å². The van der Waals surface area contributed by atoms with Crippen LogP contribution in [0.25, 0.3) is 0 Å². The van der Waals surface area contributed by atoms with Crippen LogP contribution in [0, 0.1) is 5.92 Å². The summed E-state index contributed by atoms with van der Waals surface area (Å²) in [5, 5.41) is 0. The molecule has 2 N–H and O–H groups in total. The van der Waals surface area contributed by atoms with Crippen LogP contribution in [0.2, 0.25) is 0 Å². The van der Waals surface area contributed by atoms with Crippen molar-refractivity contribution in [2.45, 2.75) is 32.8 Å². The van der Waals surface area contributed by atoms with Gasteiger partial charge in [0, 0.05) is 7.11 Å². The summed E-state index contributed by atoms with van der Waals surface area (Å²) in [6.45, 7) is 5.03. The monoisotopic (exact) mass is 145 g/mol. The molecule has 0 aliphatic carbocycles. The van der Waals surface area contributed by atoms with E-state index in [2.05, 4.69) is 13.8 Å². The van der Waals surface area contributed by atoms with Crippen LogP contribution in [0.5, 0.6) is 0 Å². The van der Waals surface area contributed by atoms with Crippen molar-refractivity contribution in [3.05, 3.63) is 0 Å². The van der Waals surface area contributed by atoms with Crippen LogP contribution >= 0.6 is 0 Å². The van der Waals surface area contributed by atoms with Crippen LogP contribution in [-0.2, 0) is 4.74 Å². The zero-order valence-corrected chi connectivity index (χ0v) is 7.26. The second kappa shape index (κ2) is 5.69. The lowest BCUT2D eigenvalue weighted by Crippen LogP contribution is -2.19. The smallest absolute Gasteiger partial charge is 0.0546 e. The van der Waals surface area contributed by atoms with Gasteiger partial charge in [0.25, 0.3) is 0 Å².